The molecule has 0 aromatic heterocycles. The Labute approximate surface area is 241 Å². The van der Waals surface area contributed by atoms with Gasteiger partial charge in [0.05, 0.1) is 36.8 Å². The van der Waals surface area contributed by atoms with Crippen LogP contribution in [0.1, 0.15) is 40.0 Å². The van der Waals surface area contributed by atoms with E-state index in [1.807, 2.05) is 0 Å². The van der Waals surface area contributed by atoms with Crippen molar-refractivity contribution in [2.45, 2.75) is 70.6 Å². The van der Waals surface area contributed by atoms with E-state index in [9.17, 15) is 14.4 Å². The zero-order valence-corrected chi connectivity index (χ0v) is 24.1. The van der Waals surface area contributed by atoms with Crippen molar-refractivity contribution in [3.63, 3.8) is 0 Å². The molecule has 224 valence electrons. The zero-order chi connectivity index (χ0) is 30.4. The molecular weight excluding hydrogens is 532 g/mol. The predicted molar refractivity (Wildman–Crippen MR) is 149 cm³/mol. The summed E-state index contributed by atoms with van der Waals surface area (Å²) in [4.78, 5) is 33.5. The molecule has 7 atom stereocenters. The molecule has 0 aromatic rings. The second kappa shape index (κ2) is 13.7. The Hall–Kier alpha value is -3.79. The van der Waals surface area contributed by atoms with Gasteiger partial charge in [-0.1, -0.05) is 39.5 Å². The van der Waals surface area contributed by atoms with Crippen LogP contribution < -0.4 is 0 Å². The highest BCUT2D eigenvalue weighted by Gasteiger charge is 2.59. The van der Waals surface area contributed by atoms with Crippen LogP contribution in [0.15, 0.2) is 73.5 Å². The first kappa shape index (κ1) is 31.7. The number of rotatable bonds is 6. The maximum atomic E-state index is 11.5. The number of hydrogen-bond acceptors (Lipinski definition) is 10. The van der Waals surface area contributed by atoms with Crippen LogP contribution in [0.25, 0.3) is 0 Å². The van der Waals surface area contributed by atoms with Gasteiger partial charge in [-0.2, -0.15) is 0 Å². The molecule has 2 bridgehead atoms. The lowest BCUT2D eigenvalue weighted by atomic mass is 9.79. The van der Waals surface area contributed by atoms with E-state index in [0.717, 1.165) is 12.2 Å². The lowest BCUT2D eigenvalue weighted by molar-refractivity contribution is -0.147. The van der Waals surface area contributed by atoms with Crippen molar-refractivity contribution in [2.75, 3.05) is 19.8 Å². The van der Waals surface area contributed by atoms with Crippen LogP contribution in [0.4, 0.5) is 0 Å². The third kappa shape index (κ3) is 8.13. The maximum absolute atomic E-state index is 11.5. The summed E-state index contributed by atoms with van der Waals surface area (Å²) in [5.74, 6) is 1.49. The van der Waals surface area contributed by atoms with E-state index in [1.165, 1.54) is 0 Å². The van der Waals surface area contributed by atoms with E-state index in [4.69, 9.17) is 33.2 Å². The molecule has 0 saturated carbocycles. The highest BCUT2D eigenvalue weighted by Crippen LogP contribution is 2.51. The lowest BCUT2D eigenvalue weighted by Gasteiger charge is -2.26. The van der Waals surface area contributed by atoms with Crippen molar-refractivity contribution in [3.05, 3.63) is 73.5 Å². The minimum atomic E-state index is -0.383. The molecule has 5 fully saturated rings. The molecule has 5 heterocycles. The van der Waals surface area contributed by atoms with Gasteiger partial charge >= 0.3 is 17.9 Å². The number of carbonyl (C=O) groups excluding carboxylic acids is 3. The number of fused-ring (bicyclic) bond motifs is 5. The zero-order valence-electron chi connectivity index (χ0n) is 24.1. The topological polar surface area (TPSA) is 116 Å². The third-order valence-corrected chi connectivity index (χ3v) is 7.07. The number of hydrogen-bond donors (Lipinski definition) is 0. The van der Waals surface area contributed by atoms with Crippen LogP contribution in [-0.2, 0) is 47.5 Å². The molecule has 0 N–H and O–H groups in total. The Morgan fingerprint density at radius 1 is 0.780 bits per heavy atom. The summed E-state index contributed by atoms with van der Waals surface area (Å²) in [6, 6.07) is 0. The molecule has 5 rings (SSSR count). The van der Waals surface area contributed by atoms with E-state index < -0.39 is 0 Å². The average Bonchev–Trinajstić information content (AvgIpc) is 3.72. The van der Waals surface area contributed by atoms with Crippen LogP contribution in [0.3, 0.4) is 0 Å². The third-order valence-electron chi connectivity index (χ3n) is 7.07. The SMILES string of the molecule is C=C(C)C(=O)OC1CC2OC1C1C(=C)OCC21.C=C(C)C(=O)OC1CCOC1=C.C=C1CC(OC(=O)C(=C)C)CO1. The molecule has 5 aliphatic heterocycles. The van der Waals surface area contributed by atoms with Crippen LogP contribution in [0.2, 0.25) is 0 Å². The molecule has 10 nitrogen and oxygen atoms in total. The van der Waals surface area contributed by atoms with Crippen LogP contribution >= 0.6 is 0 Å². The van der Waals surface area contributed by atoms with E-state index in [-0.39, 0.29) is 54.3 Å². The minimum Gasteiger partial charge on any atom is -0.498 e. The first-order chi connectivity index (χ1) is 19.3. The fourth-order valence-corrected chi connectivity index (χ4v) is 4.88. The van der Waals surface area contributed by atoms with Crippen LogP contribution in [-0.4, -0.2) is 68.2 Å². The van der Waals surface area contributed by atoms with Crippen molar-refractivity contribution < 1.29 is 47.5 Å². The monoisotopic (exact) mass is 572 g/mol. The largest absolute Gasteiger partial charge is 0.498 e. The van der Waals surface area contributed by atoms with E-state index >= 15 is 0 Å². The quantitative estimate of drug-likeness (QED) is 0.260. The lowest BCUT2D eigenvalue weighted by Crippen LogP contribution is -2.38. The molecule has 7 unspecified atom stereocenters. The Balaban J connectivity index is 0.000000174. The number of esters is 3. The normalized spacial score (nSPS) is 30.2. The van der Waals surface area contributed by atoms with Gasteiger partial charge in [-0.15, -0.1) is 0 Å². The molecule has 0 aliphatic carbocycles. The van der Waals surface area contributed by atoms with Gasteiger partial charge in [-0.3, -0.25) is 0 Å². The van der Waals surface area contributed by atoms with Gasteiger partial charge in [0.15, 0.2) is 6.10 Å². The Morgan fingerprint density at radius 3 is 1.93 bits per heavy atom. The fourth-order valence-electron chi connectivity index (χ4n) is 4.88. The molecule has 5 aliphatic rings. The van der Waals surface area contributed by atoms with E-state index in [0.29, 0.717) is 66.8 Å². The standard InChI is InChI=1S/C13H16O4.2C9H12O3/c1-6(2)13(14)17-10-4-9-8-5-15-7(3)11(8)12(10)16-9;1-6(2)9(10)12-8-4-7(3)11-5-8;1-6(2)9(10)12-8-4-5-11-7(8)3/h8-12H,1,3-5H2,2H3;2*8H,1,3-5H2,2H3. The summed E-state index contributed by atoms with van der Waals surface area (Å²) < 4.78 is 36.9. The molecular formula is C31H40O10. The fraction of sp³-hybridized carbons (Fsp3) is 0.516. The number of carbonyl (C=O) groups is 3. The summed E-state index contributed by atoms with van der Waals surface area (Å²) in [6.07, 6.45) is 1.48. The summed E-state index contributed by atoms with van der Waals surface area (Å²) in [7, 11) is 0. The molecule has 5 saturated heterocycles. The van der Waals surface area contributed by atoms with Crippen molar-refractivity contribution >= 4 is 17.9 Å². The molecule has 0 aromatic carbocycles. The van der Waals surface area contributed by atoms with E-state index in [2.05, 4.69) is 39.5 Å². The second-order valence-corrected chi connectivity index (χ2v) is 10.7. The summed E-state index contributed by atoms with van der Waals surface area (Å²) in [6.45, 7) is 28.2. The van der Waals surface area contributed by atoms with Crippen LogP contribution in [0, 0.1) is 11.8 Å². The number of ether oxygens (including phenoxy) is 7. The average molecular weight is 573 g/mol. The van der Waals surface area contributed by atoms with E-state index in [1.54, 1.807) is 20.8 Å². The van der Waals surface area contributed by atoms with Gasteiger partial charge < -0.3 is 33.2 Å². The first-order valence-corrected chi connectivity index (χ1v) is 13.5. The molecule has 0 radical (unpaired) electrons. The summed E-state index contributed by atoms with van der Waals surface area (Å²) >= 11 is 0. The Morgan fingerprint density at radius 2 is 1.39 bits per heavy atom. The van der Waals surface area contributed by atoms with Gasteiger partial charge in [0, 0.05) is 41.9 Å². The van der Waals surface area contributed by atoms with Crippen molar-refractivity contribution in [1.29, 1.82) is 0 Å². The van der Waals surface area contributed by atoms with Gasteiger partial charge in [-0.05, 0) is 20.8 Å². The van der Waals surface area contributed by atoms with Crippen molar-refractivity contribution in [2.24, 2.45) is 11.8 Å². The Kier molecular flexibility index (Phi) is 10.6. The second-order valence-electron chi connectivity index (χ2n) is 10.7. The van der Waals surface area contributed by atoms with Gasteiger partial charge in [-0.25, -0.2) is 14.4 Å². The molecule has 0 amide bonds. The molecule has 0 spiro atoms. The summed E-state index contributed by atoms with van der Waals surface area (Å²) in [5, 5.41) is 0. The highest BCUT2D eigenvalue weighted by molar-refractivity contribution is 5.88. The minimum absolute atomic E-state index is 0.0803. The van der Waals surface area contributed by atoms with Gasteiger partial charge in [0.2, 0.25) is 0 Å². The van der Waals surface area contributed by atoms with Crippen molar-refractivity contribution in [1.82, 2.24) is 0 Å². The predicted octanol–water partition coefficient (Wildman–Crippen LogP) is 4.24. The van der Waals surface area contributed by atoms with Gasteiger partial charge in [0.1, 0.15) is 30.7 Å². The highest BCUT2D eigenvalue weighted by atomic mass is 16.6. The molecule has 10 heteroatoms. The first-order valence-electron chi connectivity index (χ1n) is 13.5. The van der Waals surface area contributed by atoms with Gasteiger partial charge in [0.25, 0.3) is 0 Å². The van der Waals surface area contributed by atoms with Crippen molar-refractivity contribution in [3.8, 4) is 0 Å². The smallest absolute Gasteiger partial charge is 0.333 e. The van der Waals surface area contributed by atoms with Crippen LogP contribution in [0.5, 0.6) is 0 Å². The maximum Gasteiger partial charge on any atom is 0.333 e. The summed E-state index contributed by atoms with van der Waals surface area (Å²) in [5.41, 5.74) is 1.23. The molecule has 41 heavy (non-hydrogen) atoms. The Bertz CT molecular complexity index is 1130.